The molecule has 17 heavy (non-hydrogen) atoms. The molecule has 0 radical (unpaired) electrons. The van der Waals surface area contributed by atoms with Gasteiger partial charge in [-0.05, 0) is 46.1 Å². The number of nitrogens with zero attached hydrogens (tertiary/aromatic N) is 1. The van der Waals surface area contributed by atoms with Gasteiger partial charge in [-0.15, -0.1) is 0 Å². The Balaban J connectivity index is 1.74. The summed E-state index contributed by atoms with van der Waals surface area (Å²) >= 11 is 0. The predicted molar refractivity (Wildman–Crippen MR) is 71.3 cm³/mol. The number of nitrogens with one attached hydrogen (secondary N) is 1. The van der Waals surface area contributed by atoms with Crippen molar-refractivity contribution in [2.75, 3.05) is 19.7 Å². The third kappa shape index (κ3) is 3.94. The minimum atomic E-state index is 0.400. The van der Waals surface area contributed by atoms with Crippen molar-refractivity contribution < 1.29 is 4.74 Å². The number of morpholine rings is 1. The summed E-state index contributed by atoms with van der Waals surface area (Å²) in [7, 11) is 0. The highest BCUT2D eigenvalue weighted by Crippen LogP contribution is 2.21. The lowest BCUT2D eigenvalue weighted by molar-refractivity contribution is -0.0707. The molecule has 1 saturated heterocycles. The Labute approximate surface area is 106 Å². The maximum absolute atomic E-state index is 5.76. The Hall–Kier alpha value is -0.120. The third-order valence-electron chi connectivity index (χ3n) is 4.12. The molecule has 0 aromatic heterocycles. The van der Waals surface area contributed by atoms with E-state index in [2.05, 4.69) is 31.0 Å². The van der Waals surface area contributed by atoms with Gasteiger partial charge in [0.05, 0.1) is 12.7 Å². The molecule has 2 aliphatic rings. The average Bonchev–Trinajstić information content (AvgIpc) is 3.13. The Morgan fingerprint density at radius 1 is 1.41 bits per heavy atom. The van der Waals surface area contributed by atoms with Gasteiger partial charge in [0.15, 0.2) is 0 Å². The Kier molecular flexibility index (Phi) is 4.83. The van der Waals surface area contributed by atoms with E-state index in [0.717, 1.165) is 19.2 Å². The first-order valence-electron chi connectivity index (χ1n) is 7.31. The number of hydrogen-bond donors (Lipinski definition) is 1. The summed E-state index contributed by atoms with van der Waals surface area (Å²) in [6.07, 6.45) is 5.64. The molecule has 3 unspecified atom stereocenters. The molecule has 100 valence electrons. The van der Waals surface area contributed by atoms with Gasteiger partial charge in [0.2, 0.25) is 0 Å². The average molecular weight is 240 g/mol. The van der Waals surface area contributed by atoms with Crippen LogP contribution in [0.1, 0.15) is 46.5 Å². The van der Waals surface area contributed by atoms with Crippen molar-refractivity contribution in [2.45, 2.75) is 70.7 Å². The predicted octanol–water partition coefficient (Wildman–Crippen LogP) is 2.02. The van der Waals surface area contributed by atoms with Gasteiger partial charge in [-0.25, -0.2) is 0 Å². The van der Waals surface area contributed by atoms with E-state index in [4.69, 9.17) is 4.74 Å². The maximum atomic E-state index is 5.76. The lowest BCUT2D eigenvalue weighted by Crippen LogP contribution is -2.52. The van der Waals surface area contributed by atoms with Crippen molar-refractivity contribution in [1.82, 2.24) is 10.2 Å². The standard InChI is InChI=1S/C14H28N2O/c1-4-14-10-17-12(3)9-16(14)11(2)7-8-15-13-5-6-13/h11-15H,4-10H2,1-3H3. The van der Waals surface area contributed by atoms with Gasteiger partial charge in [0, 0.05) is 24.7 Å². The quantitative estimate of drug-likeness (QED) is 0.769. The van der Waals surface area contributed by atoms with E-state index in [1.165, 1.54) is 32.2 Å². The van der Waals surface area contributed by atoms with Crippen molar-refractivity contribution in [3.63, 3.8) is 0 Å². The number of hydrogen-bond acceptors (Lipinski definition) is 3. The first-order valence-corrected chi connectivity index (χ1v) is 7.31. The molecule has 1 heterocycles. The second-order valence-electron chi connectivity index (χ2n) is 5.77. The monoisotopic (exact) mass is 240 g/mol. The molecule has 0 amide bonds. The fourth-order valence-corrected chi connectivity index (χ4v) is 2.71. The molecule has 1 aliphatic carbocycles. The van der Waals surface area contributed by atoms with Gasteiger partial charge in [0.1, 0.15) is 0 Å². The molecule has 0 bridgehead atoms. The fourth-order valence-electron chi connectivity index (χ4n) is 2.71. The van der Waals surface area contributed by atoms with Crippen molar-refractivity contribution in [3.8, 4) is 0 Å². The van der Waals surface area contributed by atoms with Crippen LogP contribution in [0.2, 0.25) is 0 Å². The lowest BCUT2D eigenvalue weighted by Gasteiger charge is -2.42. The summed E-state index contributed by atoms with van der Waals surface area (Å²) in [6, 6.07) is 2.15. The van der Waals surface area contributed by atoms with E-state index in [-0.39, 0.29) is 0 Å². The molecule has 3 nitrogen and oxygen atoms in total. The number of ether oxygens (including phenoxy) is 1. The first kappa shape index (κ1) is 13.3. The highest BCUT2D eigenvalue weighted by molar-refractivity contribution is 4.84. The van der Waals surface area contributed by atoms with Gasteiger partial charge in [-0.1, -0.05) is 6.92 Å². The van der Waals surface area contributed by atoms with Crippen LogP contribution in [-0.4, -0.2) is 48.8 Å². The Morgan fingerprint density at radius 3 is 2.82 bits per heavy atom. The van der Waals surface area contributed by atoms with Crippen LogP contribution in [0.15, 0.2) is 0 Å². The Morgan fingerprint density at radius 2 is 2.18 bits per heavy atom. The van der Waals surface area contributed by atoms with Crippen LogP contribution in [0.3, 0.4) is 0 Å². The van der Waals surface area contributed by atoms with Gasteiger partial charge in [0.25, 0.3) is 0 Å². The first-order chi connectivity index (χ1) is 8.20. The van der Waals surface area contributed by atoms with E-state index in [9.17, 15) is 0 Å². The molecule has 1 aliphatic heterocycles. The molecule has 0 spiro atoms. The topological polar surface area (TPSA) is 24.5 Å². The van der Waals surface area contributed by atoms with Crippen LogP contribution in [0.25, 0.3) is 0 Å². The minimum absolute atomic E-state index is 0.400. The van der Waals surface area contributed by atoms with Crippen molar-refractivity contribution in [3.05, 3.63) is 0 Å². The normalized spacial score (nSPS) is 32.6. The zero-order valence-corrected chi connectivity index (χ0v) is 11.6. The second-order valence-corrected chi connectivity index (χ2v) is 5.77. The molecule has 2 rings (SSSR count). The van der Waals surface area contributed by atoms with Gasteiger partial charge in [-0.3, -0.25) is 4.90 Å². The van der Waals surface area contributed by atoms with E-state index >= 15 is 0 Å². The second kappa shape index (κ2) is 6.17. The van der Waals surface area contributed by atoms with E-state index in [1.54, 1.807) is 0 Å². The molecule has 1 saturated carbocycles. The van der Waals surface area contributed by atoms with Crippen molar-refractivity contribution in [1.29, 1.82) is 0 Å². The molecular weight excluding hydrogens is 212 g/mol. The molecule has 3 atom stereocenters. The van der Waals surface area contributed by atoms with E-state index in [0.29, 0.717) is 18.2 Å². The fraction of sp³-hybridized carbons (Fsp3) is 1.00. The summed E-state index contributed by atoms with van der Waals surface area (Å²) < 4.78 is 5.76. The van der Waals surface area contributed by atoms with Crippen LogP contribution in [0.4, 0.5) is 0 Å². The van der Waals surface area contributed by atoms with Crippen LogP contribution in [-0.2, 0) is 4.74 Å². The van der Waals surface area contributed by atoms with Crippen LogP contribution < -0.4 is 5.32 Å². The largest absolute Gasteiger partial charge is 0.376 e. The molecule has 2 fully saturated rings. The van der Waals surface area contributed by atoms with E-state index in [1.807, 2.05) is 0 Å². The van der Waals surface area contributed by atoms with Crippen molar-refractivity contribution in [2.24, 2.45) is 0 Å². The molecule has 0 aromatic rings. The summed E-state index contributed by atoms with van der Waals surface area (Å²) in [6.45, 7) is 10.0. The van der Waals surface area contributed by atoms with Crippen LogP contribution >= 0.6 is 0 Å². The molecular formula is C14H28N2O. The summed E-state index contributed by atoms with van der Waals surface area (Å²) in [4.78, 5) is 2.66. The minimum Gasteiger partial charge on any atom is -0.376 e. The third-order valence-corrected chi connectivity index (χ3v) is 4.12. The summed E-state index contributed by atoms with van der Waals surface area (Å²) in [5.74, 6) is 0. The SMILES string of the molecule is CCC1COC(C)CN1C(C)CCNC1CC1. The van der Waals surface area contributed by atoms with Crippen LogP contribution in [0, 0.1) is 0 Å². The number of rotatable bonds is 6. The summed E-state index contributed by atoms with van der Waals surface area (Å²) in [5, 5.41) is 3.61. The zero-order valence-electron chi connectivity index (χ0n) is 11.6. The van der Waals surface area contributed by atoms with Gasteiger partial charge in [-0.2, -0.15) is 0 Å². The summed E-state index contributed by atoms with van der Waals surface area (Å²) in [5.41, 5.74) is 0. The highest BCUT2D eigenvalue weighted by Gasteiger charge is 2.29. The molecule has 0 aromatic carbocycles. The van der Waals surface area contributed by atoms with Crippen molar-refractivity contribution >= 4 is 0 Å². The van der Waals surface area contributed by atoms with Gasteiger partial charge >= 0.3 is 0 Å². The zero-order chi connectivity index (χ0) is 12.3. The molecule has 3 heteroatoms. The highest BCUT2D eigenvalue weighted by atomic mass is 16.5. The smallest absolute Gasteiger partial charge is 0.0674 e. The Bertz CT molecular complexity index is 230. The molecule has 1 N–H and O–H groups in total. The maximum Gasteiger partial charge on any atom is 0.0674 e. The van der Waals surface area contributed by atoms with E-state index < -0.39 is 0 Å². The van der Waals surface area contributed by atoms with Crippen LogP contribution in [0.5, 0.6) is 0 Å². The van der Waals surface area contributed by atoms with Gasteiger partial charge < -0.3 is 10.1 Å². The lowest BCUT2D eigenvalue weighted by atomic mass is 10.1.